The summed E-state index contributed by atoms with van der Waals surface area (Å²) in [6, 6.07) is 22.7. The van der Waals surface area contributed by atoms with Gasteiger partial charge in [0.05, 0.1) is 5.56 Å². The van der Waals surface area contributed by atoms with Gasteiger partial charge in [0.25, 0.3) is 11.8 Å². The molecule has 274 valence electrons. The molecule has 0 bridgehead atoms. The van der Waals surface area contributed by atoms with Gasteiger partial charge in [-0.05, 0) is 54.1 Å². The number of nitriles is 1. The third-order valence-corrected chi connectivity index (χ3v) is 10.5. The molecule has 4 aromatic carbocycles. The highest BCUT2D eigenvalue weighted by Crippen LogP contribution is 2.41. The second-order valence-electron chi connectivity index (χ2n) is 11.7. The van der Waals surface area contributed by atoms with E-state index in [-0.39, 0.29) is 60.7 Å². The van der Waals surface area contributed by atoms with E-state index in [0.29, 0.717) is 26.7 Å². The molecule has 2 amide bonds. The van der Waals surface area contributed by atoms with E-state index in [1.54, 1.807) is 54.6 Å². The van der Waals surface area contributed by atoms with Crippen LogP contribution in [-0.2, 0) is 4.74 Å². The number of fused-ring (bicyclic) bond motifs is 2. The number of aromatic nitrogens is 2. The van der Waals surface area contributed by atoms with Crippen molar-refractivity contribution in [2.24, 2.45) is 0 Å². The molecular weight excluding hydrogens is 832 g/mol. The number of esters is 2. The predicted octanol–water partition coefficient (Wildman–Crippen LogP) is 9.84. The maximum Gasteiger partial charge on any atom is 0.349 e. The highest BCUT2D eigenvalue weighted by Gasteiger charge is 2.31. The van der Waals surface area contributed by atoms with Crippen LogP contribution in [0.5, 0.6) is 0 Å². The second kappa shape index (κ2) is 14.8. The average Bonchev–Trinajstić information content (AvgIpc) is 4.00. The van der Waals surface area contributed by atoms with E-state index in [2.05, 4.69) is 36.5 Å². The number of anilines is 2. The van der Waals surface area contributed by atoms with Gasteiger partial charge >= 0.3 is 23.8 Å². The lowest BCUT2D eigenvalue weighted by Gasteiger charge is -2.11. The number of carbonyl (C=O) groups is 4. The summed E-state index contributed by atoms with van der Waals surface area (Å²) in [6.45, 7) is 0. The van der Waals surface area contributed by atoms with Crippen molar-refractivity contribution in [3.63, 3.8) is 0 Å². The molecule has 0 aliphatic rings. The zero-order valence-corrected chi connectivity index (χ0v) is 31.1. The van der Waals surface area contributed by atoms with Crippen LogP contribution in [0, 0.1) is 23.0 Å². The van der Waals surface area contributed by atoms with Gasteiger partial charge in [0, 0.05) is 31.9 Å². The molecule has 0 saturated carbocycles. The fourth-order valence-electron chi connectivity index (χ4n) is 5.64. The Balaban J connectivity index is 1.17. The van der Waals surface area contributed by atoms with Crippen molar-refractivity contribution in [2.45, 2.75) is 0 Å². The topological polar surface area (TPSA) is 177 Å². The largest absolute Gasteiger partial charge is 0.432 e. The molecule has 0 saturated heterocycles. The number of oxazole rings is 2. The summed E-state index contributed by atoms with van der Waals surface area (Å²) in [4.78, 5) is 63.4. The first kappa shape index (κ1) is 36.1. The molecular formula is C39H18BrF2N5O7S2. The van der Waals surface area contributed by atoms with Crippen molar-refractivity contribution in [3.05, 3.63) is 140 Å². The van der Waals surface area contributed by atoms with E-state index in [0.717, 1.165) is 28.7 Å². The van der Waals surface area contributed by atoms with Crippen LogP contribution in [0.3, 0.4) is 0 Å². The van der Waals surface area contributed by atoms with Gasteiger partial charge in [0.2, 0.25) is 0 Å². The number of nitrogens with one attached hydrogen (secondary N) is 2. The molecule has 0 spiro atoms. The quantitative estimate of drug-likeness (QED) is 0.110. The Morgan fingerprint density at radius 2 is 1.25 bits per heavy atom. The molecule has 8 aromatic rings. The summed E-state index contributed by atoms with van der Waals surface area (Å²) in [5.41, 5.74) is 0.605. The number of benzene rings is 4. The summed E-state index contributed by atoms with van der Waals surface area (Å²) >= 11 is 4.93. The summed E-state index contributed by atoms with van der Waals surface area (Å²) < 4.78 is 46.7. The zero-order valence-electron chi connectivity index (χ0n) is 27.9. The molecule has 0 aliphatic heterocycles. The number of amides is 2. The van der Waals surface area contributed by atoms with Crippen molar-refractivity contribution >= 4 is 94.6 Å². The zero-order chi connectivity index (χ0) is 39.1. The number of nitrogens with zero attached hydrogens (tertiary/aromatic N) is 3. The van der Waals surface area contributed by atoms with Gasteiger partial charge in [-0.3, -0.25) is 9.59 Å². The van der Waals surface area contributed by atoms with Crippen LogP contribution in [0.25, 0.3) is 44.5 Å². The molecule has 0 radical (unpaired) electrons. The monoisotopic (exact) mass is 849 g/mol. The fraction of sp³-hybridized carbons (Fsp3) is 0. The molecule has 4 aromatic heterocycles. The van der Waals surface area contributed by atoms with E-state index in [4.69, 9.17) is 13.6 Å². The third-order valence-electron chi connectivity index (χ3n) is 8.23. The smallest absolute Gasteiger partial charge is 0.349 e. The van der Waals surface area contributed by atoms with E-state index in [1.165, 1.54) is 41.1 Å². The van der Waals surface area contributed by atoms with Crippen LogP contribution < -0.4 is 10.6 Å². The second-order valence-corrected chi connectivity index (χ2v) is 14.4. The van der Waals surface area contributed by atoms with Crippen molar-refractivity contribution in [1.29, 1.82) is 5.26 Å². The Morgan fingerprint density at radius 1 is 0.696 bits per heavy atom. The van der Waals surface area contributed by atoms with Crippen LogP contribution in [0.15, 0.2) is 109 Å². The number of halogens is 3. The van der Waals surface area contributed by atoms with Crippen molar-refractivity contribution < 1.29 is 41.5 Å². The van der Waals surface area contributed by atoms with Gasteiger partial charge < -0.3 is 24.2 Å². The van der Waals surface area contributed by atoms with E-state index in [1.807, 2.05) is 0 Å². The highest BCUT2D eigenvalue weighted by molar-refractivity contribution is 9.10. The van der Waals surface area contributed by atoms with Crippen molar-refractivity contribution in [3.8, 4) is 28.3 Å². The first-order valence-corrected chi connectivity index (χ1v) is 18.6. The standard InChI is InChI=1S/C39H18BrF2N5O7S2/c40-20-10-11-21(25(42)14-20)23-17-56-37(47-33(49)35-45-27-6-2-4-8-29(27)53-35)31(23)39(51)54-38(50)30-22(18-9-12-24(41)19(13-18)15-43)16-55-36(30)46-32(48)34-44-26-5-1-3-7-28(26)52-34/h1-14,16-17H,(H,46,48)(H,47,49). The number of hydrogen-bond acceptors (Lipinski definition) is 12. The molecule has 0 atom stereocenters. The molecule has 0 aliphatic carbocycles. The van der Waals surface area contributed by atoms with Crippen molar-refractivity contribution in [2.75, 3.05) is 10.6 Å². The molecule has 2 N–H and O–H groups in total. The molecule has 4 heterocycles. The number of ether oxygens (including phenoxy) is 1. The van der Waals surface area contributed by atoms with E-state index in [9.17, 15) is 28.8 Å². The molecule has 8 rings (SSSR count). The fourth-order valence-corrected chi connectivity index (χ4v) is 7.87. The molecule has 56 heavy (non-hydrogen) atoms. The number of carbonyl (C=O) groups excluding carboxylic acids is 4. The molecule has 0 unspecified atom stereocenters. The molecule has 0 fully saturated rings. The minimum absolute atomic E-state index is 0.0158. The van der Waals surface area contributed by atoms with Crippen LogP contribution >= 0.6 is 38.6 Å². The number of rotatable bonds is 8. The lowest BCUT2D eigenvalue weighted by Crippen LogP contribution is -2.19. The van der Waals surface area contributed by atoms with Gasteiger partial charge in [0.15, 0.2) is 11.2 Å². The maximum absolute atomic E-state index is 15.4. The van der Waals surface area contributed by atoms with Crippen LogP contribution in [-0.4, -0.2) is 33.7 Å². The first-order valence-electron chi connectivity index (χ1n) is 16.1. The van der Waals surface area contributed by atoms with E-state index >= 15 is 4.39 Å². The SMILES string of the molecule is N#Cc1cc(-c2csc(NC(=O)c3nc4ccccc4o3)c2C(=O)OC(=O)c2c(-c3ccc(Br)cc3F)csc2NC(=O)c2nc3ccccc3o2)ccc1F. The minimum Gasteiger partial charge on any atom is -0.432 e. The summed E-state index contributed by atoms with van der Waals surface area (Å²) in [5, 5.41) is 17.2. The Kier molecular flexibility index (Phi) is 9.52. The van der Waals surface area contributed by atoms with Crippen LogP contribution in [0.2, 0.25) is 0 Å². The Labute approximate surface area is 329 Å². The van der Waals surface area contributed by atoms with Crippen molar-refractivity contribution in [1.82, 2.24) is 9.97 Å². The summed E-state index contributed by atoms with van der Waals surface area (Å²) in [6.07, 6.45) is 0. The normalized spacial score (nSPS) is 11.0. The Morgan fingerprint density at radius 3 is 1.80 bits per heavy atom. The molecule has 12 nitrogen and oxygen atoms in total. The van der Waals surface area contributed by atoms with Gasteiger partial charge in [0.1, 0.15) is 49.9 Å². The first-order chi connectivity index (χ1) is 27.1. The van der Waals surface area contributed by atoms with Gasteiger partial charge in [-0.2, -0.15) is 5.26 Å². The van der Waals surface area contributed by atoms with Gasteiger partial charge in [-0.1, -0.05) is 52.3 Å². The Bertz CT molecular complexity index is 2900. The molecule has 17 heteroatoms. The number of hydrogen-bond donors (Lipinski definition) is 2. The third kappa shape index (κ3) is 6.84. The Hall–Kier alpha value is -6.87. The van der Waals surface area contributed by atoms with Gasteiger partial charge in [-0.15, -0.1) is 22.7 Å². The van der Waals surface area contributed by atoms with Crippen LogP contribution in [0.1, 0.15) is 47.6 Å². The van der Waals surface area contributed by atoms with Crippen LogP contribution in [0.4, 0.5) is 18.8 Å². The summed E-state index contributed by atoms with van der Waals surface area (Å²) in [7, 11) is 0. The van der Waals surface area contributed by atoms with E-state index < -0.39 is 35.4 Å². The summed E-state index contributed by atoms with van der Waals surface area (Å²) in [5.74, 6) is -6.48. The lowest BCUT2D eigenvalue weighted by atomic mass is 10.0. The number of para-hydroxylation sites is 4. The number of thiophene rings is 2. The lowest BCUT2D eigenvalue weighted by molar-refractivity contribution is 0.0401. The minimum atomic E-state index is -1.30. The average molecular weight is 851 g/mol. The maximum atomic E-state index is 15.4. The predicted molar refractivity (Wildman–Crippen MR) is 206 cm³/mol. The van der Waals surface area contributed by atoms with Gasteiger partial charge in [-0.25, -0.2) is 28.3 Å². The highest BCUT2D eigenvalue weighted by atomic mass is 79.9.